The highest BCUT2D eigenvalue weighted by molar-refractivity contribution is 8.08. The minimum atomic E-state index is -0.436. The van der Waals surface area contributed by atoms with Gasteiger partial charge in [0.1, 0.15) is 20.8 Å². The van der Waals surface area contributed by atoms with Crippen LogP contribution in [0.4, 0.5) is 5.69 Å². The highest BCUT2D eigenvalue weighted by Crippen LogP contribution is 2.45. The molecule has 0 atom stereocenters. The Hall–Kier alpha value is -3.82. The summed E-state index contributed by atoms with van der Waals surface area (Å²) in [6.45, 7) is 3.79. The van der Waals surface area contributed by atoms with Crippen molar-refractivity contribution in [2.75, 3.05) is 4.90 Å². The van der Waals surface area contributed by atoms with Crippen molar-refractivity contribution in [3.63, 3.8) is 0 Å². The first-order chi connectivity index (χ1) is 17.0. The van der Waals surface area contributed by atoms with Gasteiger partial charge < -0.3 is 8.83 Å². The molecule has 9 heteroatoms. The minimum Gasteiger partial charge on any atom is -0.431 e. The van der Waals surface area contributed by atoms with E-state index in [4.69, 9.17) is 8.83 Å². The molecule has 1 aliphatic rings. The molecule has 2 amide bonds. The molecule has 0 saturated carbocycles. The Labute approximate surface area is 208 Å². The number of carbonyl (C=O) groups is 2. The van der Waals surface area contributed by atoms with Gasteiger partial charge in [-0.05, 0) is 78.8 Å². The average Bonchev–Trinajstić information content (AvgIpc) is 3.51. The zero-order valence-electron chi connectivity index (χ0n) is 18.6. The molecule has 3 aromatic carbocycles. The van der Waals surface area contributed by atoms with Crippen LogP contribution in [0.25, 0.3) is 22.2 Å². The molecule has 5 aromatic rings. The van der Waals surface area contributed by atoms with Crippen LogP contribution in [0, 0.1) is 13.8 Å². The van der Waals surface area contributed by atoms with Gasteiger partial charge in [-0.1, -0.05) is 36.4 Å². The molecule has 7 nitrogen and oxygen atoms in total. The highest BCUT2D eigenvalue weighted by Gasteiger charge is 2.42. The second-order valence-electron chi connectivity index (χ2n) is 7.99. The van der Waals surface area contributed by atoms with Crippen molar-refractivity contribution in [3.8, 4) is 0 Å². The molecule has 35 heavy (non-hydrogen) atoms. The zero-order valence-corrected chi connectivity index (χ0v) is 20.3. The van der Waals surface area contributed by atoms with Crippen molar-refractivity contribution >= 4 is 63.2 Å². The summed E-state index contributed by atoms with van der Waals surface area (Å²) in [5.74, 6) is -0.871. The van der Waals surface area contributed by atoms with Crippen LogP contribution in [-0.4, -0.2) is 21.8 Å². The van der Waals surface area contributed by atoms with Gasteiger partial charge in [-0.2, -0.15) is 0 Å². The van der Waals surface area contributed by atoms with Crippen molar-refractivity contribution in [3.05, 3.63) is 87.7 Å². The molecule has 2 aromatic heterocycles. The molecular weight excluding hydrogens is 482 g/mol. The van der Waals surface area contributed by atoms with Gasteiger partial charge in [0, 0.05) is 0 Å². The molecule has 3 heterocycles. The summed E-state index contributed by atoms with van der Waals surface area (Å²) >= 11 is 2.06. The van der Waals surface area contributed by atoms with E-state index in [0.717, 1.165) is 34.7 Å². The van der Waals surface area contributed by atoms with Gasteiger partial charge >= 0.3 is 0 Å². The number of benzene rings is 3. The molecule has 0 N–H and O–H groups in total. The highest BCUT2D eigenvalue weighted by atomic mass is 32.2. The van der Waals surface area contributed by atoms with Crippen LogP contribution in [0.1, 0.15) is 11.1 Å². The van der Waals surface area contributed by atoms with Gasteiger partial charge in [0.15, 0.2) is 11.2 Å². The Kier molecular flexibility index (Phi) is 5.23. The summed E-state index contributed by atoms with van der Waals surface area (Å²) < 4.78 is 11.7. The maximum atomic E-state index is 13.7. The summed E-state index contributed by atoms with van der Waals surface area (Å²) in [4.78, 5) is 37.9. The van der Waals surface area contributed by atoms with Crippen LogP contribution in [0.5, 0.6) is 0 Å². The smallest absolute Gasteiger partial charge is 0.273 e. The predicted octanol–water partition coefficient (Wildman–Crippen LogP) is 6.26. The van der Waals surface area contributed by atoms with Crippen LogP contribution in [0.15, 0.2) is 95.8 Å². The number of amides is 2. The predicted molar refractivity (Wildman–Crippen MR) is 135 cm³/mol. The second kappa shape index (κ2) is 8.44. The Morgan fingerprint density at radius 2 is 1.23 bits per heavy atom. The molecule has 0 fully saturated rings. The van der Waals surface area contributed by atoms with Crippen molar-refractivity contribution in [1.29, 1.82) is 0 Å². The van der Waals surface area contributed by atoms with E-state index < -0.39 is 11.8 Å². The van der Waals surface area contributed by atoms with Gasteiger partial charge in [0.25, 0.3) is 22.3 Å². The van der Waals surface area contributed by atoms with Gasteiger partial charge in [0.2, 0.25) is 0 Å². The molecular formula is C26H17N3O4S2. The third kappa shape index (κ3) is 3.82. The number of nitrogens with zero attached hydrogens (tertiary/aromatic N) is 3. The van der Waals surface area contributed by atoms with Crippen LogP contribution in [0.2, 0.25) is 0 Å². The topological polar surface area (TPSA) is 89.4 Å². The Morgan fingerprint density at radius 1 is 0.714 bits per heavy atom. The van der Waals surface area contributed by atoms with Crippen LogP contribution >= 0.6 is 23.5 Å². The maximum Gasteiger partial charge on any atom is 0.273 e. The number of aryl methyl sites for hydroxylation is 2. The van der Waals surface area contributed by atoms with Gasteiger partial charge in [-0.3, -0.25) is 9.59 Å². The maximum absolute atomic E-state index is 13.7. The molecule has 0 aliphatic carbocycles. The average molecular weight is 500 g/mol. The second-order valence-corrected chi connectivity index (χ2v) is 9.92. The molecule has 0 saturated heterocycles. The fourth-order valence-electron chi connectivity index (χ4n) is 3.81. The molecule has 0 bridgehead atoms. The molecule has 0 spiro atoms. The summed E-state index contributed by atoms with van der Waals surface area (Å²) in [5, 5.41) is 0.557. The third-order valence-corrected chi connectivity index (χ3v) is 7.53. The van der Waals surface area contributed by atoms with Crippen molar-refractivity contribution < 1.29 is 18.4 Å². The zero-order chi connectivity index (χ0) is 24.1. The lowest BCUT2D eigenvalue weighted by Gasteiger charge is -2.18. The van der Waals surface area contributed by atoms with Crippen LogP contribution < -0.4 is 4.90 Å². The Bertz CT molecular complexity index is 1520. The van der Waals surface area contributed by atoms with Crippen LogP contribution in [-0.2, 0) is 9.59 Å². The van der Waals surface area contributed by atoms with E-state index in [-0.39, 0.29) is 20.3 Å². The lowest BCUT2D eigenvalue weighted by Crippen LogP contribution is -2.32. The first kappa shape index (κ1) is 21.7. The lowest BCUT2D eigenvalue weighted by molar-refractivity contribution is -0.120. The Balaban J connectivity index is 1.44. The molecule has 6 rings (SSSR count). The van der Waals surface area contributed by atoms with Gasteiger partial charge in [-0.25, -0.2) is 14.9 Å². The summed E-state index contributed by atoms with van der Waals surface area (Å²) in [6, 6.07) is 20.4. The van der Waals surface area contributed by atoms with E-state index in [1.807, 2.05) is 68.4 Å². The molecule has 0 radical (unpaired) electrons. The van der Waals surface area contributed by atoms with E-state index in [0.29, 0.717) is 27.9 Å². The fourth-order valence-corrected chi connectivity index (χ4v) is 5.68. The third-order valence-electron chi connectivity index (χ3n) is 5.53. The Morgan fingerprint density at radius 3 is 1.74 bits per heavy atom. The molecule has 0 unspecified atom stereocenters. The standard InChI is InChI=1S/C26H17N3O4S2/c1-14-11-12-15(2)18(13-14)29-23(30)21(34-25-27-16-7-3-5-9-19(16)32-25)22(24(29)31)35-26-28-17-8-4-6-10-20(17)33-26/h3-13H,1-2H3. The number of rotatable bonds is 5. The van der Waals surface area contributed by atoms with E-state index >= 15 is 0 Å². The molecule has 172 valence electrons. The quantitative estimate of drug-likeness (QED) is 0.262. The number of hydrogen-bond acceptors (Lipinski definition) is 8. The number of thioether (sulfide) groups is 2. The number of carbonyl (C=O) groups excluding carboxylic acids is 2. The number of hydrogen-bond donors (Lipinski definition) is 0. The van der Waals surface area contributed by atoms with Crippen molar-refractivity contribution in [1.82, 2.24) is 9.97 Å². The first-order valence-corrected chi connectivity index (χ1v) is 12.4. The summed E-state index contributed by atoms with van der Waals surface area (Å²) in [5.41, 5.74) is 4.86. The number of anilines is 1. The largest absolute Gasteiger partial charge is 0.431 e. The SMILES string of the molecule is Cc1ccc(C)c(N2C(=O)C(Sc3nc4ccccc4o3)=C(Sc3nc4ccccc4o3)C2=O)c1. The number of imide groups is 1. The van der Waals surface area contributed by atoms with E-state index in [9.17, 15) is 9.59 Å². The monoisotopic (exact) mass is 499 g/mol. The van der Waals surface area contributed by atoms with E-state index in [1.165, 1.54) is 4.90 Å². The first-order valence-electron chi connectivity index (χ1n) is 10.7. The van der Waals surface area contributed by atoms with Gasteiger partial charge in [0.05, 0.1) is 5.69 Å². The number of fused-ring (bicyclic) bond motifs is 2. The normalized spacial score (nSPS) is 14.2. The lowest BCUT2D eigenvalue weighted by atomic mass is 10.1. The fraction of sp³-hybridized carbons (Fsp3) is 0.0769. The summed E-state index contributed by atoms with van der Waals surface area (Å²) in [7, 11) is 0. The van der Waals surface area contributed by atoms with Crippen molar-refractivity contribution in [2.24, 2.45) is 0 Å². The molecule has 1 aliphatic heterocycles. The number of oxazole rings is 2. The van der Waals surface area contributed by atoms with Crippen LogP contribution in [0.3, 0.4) is 0 Å². The van der Waals surface area contributed by atoms with Crippen molar-refractivity contribution in [2.45, 2.75) is 24.3 Å². The van der Waals surface area contributed by atoms with Gasteiger partial charge in [-0.15, -0.1) is 0 Å². The number of aromatic nitrogens is 2. The van der Waals surface area contributed by atoms with E-state index in [2.05, 4.69) is 9.97 Å². The number of para-hydroxylation sites is 4. The minimum absolute atomic E-state index is 0.217. The summed E-state index contributed by atoms with van der Waals surface area (Å²) in [6.07, 6.45) is 0. The van der Waals surface area contributed by atoms with E-state index in [1.54, 1.807) is 12.1 Å².